The first-order chi connectivity index (χ1) is 11.3. The van der Waals surface area contributed by atoms with Gasteiger partial charge >= 0.3 is 0 Å². The summed E-state index contributed by atoms with van der Waals surface area (Å²) in [4.78, 5) is 28.9. The quantitative estimate of drug-likeness (QED) is 0.862. The molecule has 2 aliphatic rings. The first kappa shape index (κ1) is 17.0. The average molecular weight is 330 g/mol. The maximum absolute atomic E-state index is 13.3. The number of hydrogen-bond acceptors (Lipinski definition) is 2. The van der Waals surface area contributed by atoms with Gasteiger partial charge in [0.05, 0.1) is 24.5 Å². The van der Waals surface area contributed by atoms with E-state index in [-0.39, 0.29) is 17.9 Å². The lowest BCUT2D eigenvalue weighted by Crippen LogP contribution is -3.17. The molecule has 1 saturated heterocycles. The zero-order valence-corrected chi connectivity index (χ0v) is 15.1. The third-order valence-corrected chi connectivity index (χ3v) is 5.63. The van der Waals surface area contributed by atoms with Crippen molar-refractivity contribution in [3.05, 3.63) is 24.3 Å². The molecule has 24 heavy (non-hydrogen) atoms. The van der Waals surface area contributed by atoms with Crippen LogP contribution in [0.4, 0.5) is 11.4 Å². The molecule has 5 heteroatoms. The second kappa shape index (κ2) is 6.20. The number of amides is 2. The van der Waals surface area contributed by atoms with E-state index in [1.54, 1.807) is 4.90 Å². The van der Waals surface area contributed by atoms with Gasteiger partial charge in [-0.2, -0.15) is 0 Å². The topological polar surface area (TPSA) is 53.9 Å². The number of quaternary nitrogens is 1. The molecular formula is C19H28N3O2+. The van der Waals surface area contributed by atoms with Gasteiger partial charge in [0.2, 0.25) is 5.91 Å². The zero-order valence-electron chi connectivity index (χ0n) is 15.1. The fourth-order valence-corrected chi connectivity index (χ4v) is 3.78. The van der Waals surface area contributed by atoms with Crippen molar-refractivity contribution < 1.29 is 14.5 Å². The van der Waals surface area contributed by atoms with Crippen molar-refractivity contribution in [3.63, 3.8) is 0 Å². The van der Waals surface area contributed by atoms with E-state index in [4.69, 9.17) is 0 Å². The molecule has 0 unspecified atom stereocenters. The molecule has 2 N–H and O–H groups in total. The van der Waals surface area contributed by atoms with Gasteiger partial charge in [0.25, 0.3) is 5.91 Å². The minimum absolute atomic E-state index is 0.0341. The summed E-state index contributed by atoms with van der Waals surface area (Å²) >= 11 is 0. The summed E-state index contributed by atoms with van der Waals surface area (Å²) in [5.41, 5.74) is 0.621. The van der Waals surface area contributed by atoms with E-state index in [1.165, 1.54) is 4.90 Å². The fourth-order valence-electron chi connectivity index (χ4n) is 3.78. The summed E-state index contributed by atoms with van der Waals surface area (Å²) in [6.45, 7) is 9.95. The average Bonchev–Trinajstić information content (AvgIpc) is 2.55. The SMILES string of the molecule is CC1CC[NH+]([C@H](C)C(=O)N2c3ccccc3NC(=O)C2(C)C)CC1. The van der Waals surface area contributed by atoms with Crippen molar-refractivity contribution in [1.29, 1.82) is 0 Å². The Morgan fingerprint density at radius 2 is 1.92 bits per heavy atom. The summed E-state index contributed by atoms with van der Waals surface area (Å²) in [7, 11) is 0. The monoisotopic (exact) mass is 330 g/mol. The number of piperidine rings is 1. The molecule has 1 aromatic rings. The molecule has 0 aliphatic carbocycles. The van der Waals surface area contributed by atoms with Gasteiger partial charge in [-0.3, -0.25) is 14.5 Å². The zero-order chi connectivity index (χ0) is 17.5. The molecule has 1 fully saturated rings. The Labute approximate surface area is 144 Å². The molecule has 2 heterocycles. The highest BCUT2D eigenvalue weighted by Gasteiger charge is 2.46. The second-order valence-corrected chi connectivity index (χ2v) is 7.77. The molecule has 130 valence electrons. The molecule has 2 aliphatic heterocycles. The Morgan fingerprint density at radius 3 is 2.58 bits per heavy atom. The molecule has 0 saturated carbocycles. The van der Waals surface area contributed by atoms with Crippen molar-refractivity contribution in [2.24, 2.45) is 5.92 Å². The van der Waals surface area contributed by atoms with Crippen LogP contribution in [0.3, 0.4) is 0 Å². The van der Waals surface area contributed by atoms with Crippen LogP contribution < -0.4 is 15.1 Å². The lowest BCUT2D eigenvalue weighted by Gasteiger charge is -2.44. The summed E-state index contributed by atoms with van der Waals surface area (Å²) in [6.07, 6.45) is 2.32. The number of anilines is 2. The predicted octanol–water partition coefficient (Wildman–Crippen LogP) is 1.45. The van der Waals surface area contributed by atoms with Crippen LogP contribution in [-0.2, 0) is 9.59 Å². The van der Waals surface area contributed by atoms with Crippen molar-refractivity contribution in [1.82, 2.24) is 0 Å². The highest BCUT2D eigenvalue weighted by Crippen LogP contribution is 2.36. The number of nitrogens with zero attached hydrogens (tertiary/aromatic N) is 1. The minimum atomic E-state index is -0.887. The minimum Gasteiger partial charge on any atom is -0.325 e. The first-order valence-corrected chi connectivity index (χ1v) is 8.91. The molecular weight excluding hydrogens is 302 g/mol. The van der Waals surface area contributed by atoms with Gasteiger partial charge in [-0.05, 0) is 51.7 Å². The summed E-state index contributed by atoms with van der Waals surface area (Å²) in [5, 5.41) is 2.92. The molecule has 3 rings (SSSR count). The molecule has 2 amide bonds. The maximum atomic E-state index is 13.3. The highest BCUT2D eigenvalue weighted by atomic mass is 16.2. The van der Waals surface area contributed by atoms with Crippen molar-refractivity contribution in [2.75, 3.05) is 23.3 Å². The van der Waals surface area contributed by atoms with E-state index in [9.17, 15) is 9.59 Å². The predicted molar refractivity (Wildman–Crippen MR) is 95.2 cm³/mol. The summed E-state index contributed by atoms with van der Waals surface area (Å²) in [6, 6.07) is 7.40. The lowest BCUT2D eigenvalue weighted by atomic mass is 9.94. The molecule has 0 bridgehead atoms. The number of hydrogen-bond donors (Lipinski definition) is 2. The van der Waals surface area contributed by atoms with Crippen LogP contribution in [0.1, 0.15) is 40.5 Å². The number of carbonyl (C=O) groups is 2. The van der Waals surface area contributed by atoms with Crippen LogP contribution in [0.2, 0.25) is 0 Å². The highest BCUT2D eigenvalue weighted by molar-refractivity contribution is 6.14. The standard InChI is InChI=1S/C19H27N3O2/c1-13-9-11-21(12-10-13)14(2)17(23)22-16-8-6-5-7-15(16)20-18(24)19(22,3)4/h5-8,13-14H,9-12H2,1-4H3,(H,20,24)/p+1/t14-/m1/s1. The largest absolute Gasteiger partial charge is 0.325 e. The number of carbonyl (C=O) groups excluding carboxylic acids is 2. The van der Waals surface area contributed by atoms with Gasteiger partial charge in [-0.1, -0.05) is 19.1 Å². The van der Waals surface area contributed by atoms with Crippen LogP contribution in [0, 0.1) is 5.92 Å². The fraction of sp³-hybridized carbons (Fsp3) is 0.579. The van der Waals surface area contributed by atoms with E-state index in [0.717, 1.165) is 37.5 Å². The Morgan fingerprint density at radius 1 is 1.29 bits per heavy atom. The number of rotatable bonds is 2. The van der Waals surface area contributed by atoms with E-state index in [1.807, 2.05) is 45.0 Å². The van der Waals surface area contributed by atoms with Gasteiger partial charge in [0.1, 0.15) is 5.54 Å². The Hall–Kier alpha value is -1.88. The summed E-state index contributed by atoms with van der Waals surface area (Å²) < 4.78 is 0. The van der Waals surface area contributed by atoms with Gasteiger partial charge in [-0.15, -0.1) is 0 Å². The smallest absolute Gasteiger partial charge is 0.285 e. The third kappa shape index (κ3) is 2.81. The van der Waals surface area contributed by atoms with E-state index in [0.29, 0.717) is 5.69 Å². The number of para-hydroxylation sites is 2. The van der Waals surface area contributed by atoms with Crippen LogP contribution in [0.5, 0.6) is 0 Å². The van der Waals surface area contributed by atoms with Gasteiger partial charge in [0, 0.05) is 0 Å². The Balaban J connectivity index is 1.91. The first-order valence-electron chi connectivity index (χ1n) is 8.91. The van der Waals surface area contributed by atoms with Crippen LogP contribution in [0.25, 0.3) is 0 Å². The molecule has 5 nitrogen and oxygen atoms in total. The van der Waals surface area contributed by atoms with Gasteiger partial charge in [-0.25, -0.2) is 0 Å². The molecule has 0 radical (unpaired) electrons. The van der Waals surface area contributed by atoms with E-state index >= 15 is 0 Å². The van der Waals surface area contributed by atoms with Crippen LogP contribution in [-0.4, -0.2) is 36.5 Å². The van der Waals surface area contributed by atoms with Gasteiger partial charge < -0.3 is 10.2 Å². The number of nitrogens with one attached hydrogen (secondary N) is 2. The van der Waals surface area contributed by atoms with Crippen LogP contribution >= 0.6 is 0 Å². The lowest BCUT2D eigenvalue weighted by molar-refractivity contribution is -0.919. The molecule has 1 aromatic carbocycles. The third-order valence-electron chi connectivity index (χ3n) is 5.63. The number of fused-ring (bicyclic) bond motifs is 1. The second-order valence-electron chi connectivity index (χ2n) is 7.77. The Kier molecular flexibility index (Phi) is 4.38. The van der Waals surface area contributed by atoms with E-state index < -0.39 is 5.54 Å². The van der Waals surface area contributed by atoms with Crippen molar-refractivity contribution in [2.45, 2.75) is 52.1 Å². The Bertz CT molecular complexity index is 648. The van der Waals surface area contributed by atoms with Crippen molar-refractivity contribution in [3.8, 4) is 0 Å². The molecule has 0 spiro atoms. The molecule has 0 aromatic heterocycles. The normalized spacial score (nSPS) is 27.2. The number of benzene rings is 1. The maximum Gasteiger partial charge on any atom is 0.285 e. The van der Waals surface area contributed by atoms with Crippen LogP contribution in [0.15, 0.2) is 24.3 Å². The number of likely N-dealkylation sites (tertiary alicyclic amines) is 1. The van der Waals surface area contributed by atoms with Gasteiger partial charge in [0.15, 0.2) is 6.04 Å². The van der Waals surface area contributed by atoms with Crippen molar-refractivity contribution >= 4 is 23.2 Å². The molecule has 1 atom stereocenters. The summed E-state index contributed by atoms with van der Waals surface area (Å²) in [5.74, 6) is 0.643. The van der Waals surface area contributed by atoms with E-state index in [2.05, 4.69) is 12.2 Å².